The quantitative estimate of drug-likeness (QED) is 0.162. The first-order valence-corrected chi connectivity index (χ1v) is 24.7. The van der Waals surface area contributed by atoms with Crippen LogP contribution in [0.3, 0.4) is 0 Å². The summed E-state index contributed by atoms with van der Waals surface area (Å²) >= 11 is 0. The molecular formula is C61H67BN2O. The molecular weight excluding hydrogens is 787 g/mol. The number of nitrogens with zero attached hydrogens (tertiary/aromatic N) is 2. The van der Waals surface area contributed by atoms with Crippen molar-refractivity contribution in [2.24, 2.45) is 0 Å². The van der Waals surface area contributed by atoms with Gasteiger partial charge < -0.3 is 14.2 Å². The Morgan fingerprint density at radius 1 is 0.431 bits per heavy atom. The molecule has 3 nitrogen and oxygen atoms in total. The molecule has 2 aliphatic heterocycles. The molecule has 12 rings (SSSR count). The topological polar surface area (TPSA) is 19.6 Å². The maximum atomic E-state index is 6.98. The van der Waals surface area contributed by atoms with Crippen molar-refractivity contribution in [1.29, 1.82) is 0 Å². The Labute approximate surface area is 388 Å². The number of rotatable bonds is 2. The Hall–Kier alpha value is -5.22. The summed E-state index contributed by atoms with van der Waals surface area (Å²) in [5.41, 5.74) is 25.7. The highest BCUT2D eigenvalue weighted by Crippen LogP contribution is 2.56. The number of para-hydroxylation sites is 2. The minimum atomic E-state index is 0.0374. The van der Waals surface area contributed by atoms with Crippen LogP contribution in [-0.4, -0.2) is 6.71 Å². The van der Waals surface area contributed by atoms with Gasteiger partial charge in [-0.2, -0.15) is 0 Å². The van der Waals surface area contributed by atoms with Gasteiger partial charge in [0.15, 0.2) is 5.58 Å². The predicted octanol–water partition coefficient (Wildman–Crippen LogP) is 14.9. The zero-order valence-corrected chi connectivity index (χ0v) is 41.6. The summed E-state index contributed by atoms with van der Waals surface area (Å²) < 4.78 is 6.98. The number of fused-ring (bicyclic) bond motifs is 10. The molecule has 4 heteroatoms. The van der Waals surface area contributed by atoms with Crippen LogP contribution < -0.4 is 26.2 Å². The molecule has 0 atom stereocenters. The fraction of sp³-hybridized carbons (Fsp3) is 0.410. The molecule has 3 aliphatic carbocycles. The van der Waals surface area contributed by atoms with Gasteiger partial charge in [0.05, 0.1) is 5.69 Å². The van der Waals surface area contributed by atoms with Gasteiger partial charge in [-0.05, 0) is 182 Å². The van der Waals surface area contributed by atoms with E-state index >= 15 is 0 Å². The molecule has 0 N–H and O–H groups in total. The highest BCUT2D eigenvalue weighted by molar-refractivity contribution is 7.00. The van der Waals surface area contributed by atoms with Crippen LogP contribution >= 0.6 is 0 Å². The zero-order chi connectivity index (χ0) is 45.7. The summed E-state index contributed by atoms with van der Waals surface area (Å²) in [5, 5.41) is 2.32. The van der Waals surface area contributed by atoms with Gasteiger partial charge in [0, 0.05) is 39.2 Å². The Bertz CT molecular complexity index is 3240. The summed E-state index contributed by atoms with van der Waals surface area (Å²) in [6.07, 6.45) is 5.84. The van der Waals surface area contributed by atoms with E-state index in [1.165, 1.54) is 109 Å². The van der Waals surface area contributed by atoms with Crippen LogP contribution in [0.25, 0.3) is 21.9 Å². The summed E-state index contributed by atoms with van der Waals surface area (Å²) in [6, 6.07) is 36.2. The van der Waals surface area contributed by atoms with Crippen LogP contribution in [0.4, 0.5) is 34.1 Å². The van der Waals surface area contributed by atoms with E-state index in [1.54, 1.807) is 0 Å². The Morgan fingerprint density at radius 2 is 0.877 bits per heavy atom. The van der Waals surface area contributed by atoms with Crippen molar-refractivity contribution in [3.05, 3.63) is 136 Å². The molecule has 0 saturated carbocycles. The Balaban J connectivity index is 1.24. The van der Waals surface area contributed by atoms with Gasteiger partial charge >= 0.3 is 0 Å². The molecule has 330 valence electrons. The van der Waals surface area contributed by atoms with Gasteiger partial charge in [0.2, 0.25) is 0 Å². The van der Waals surface area contributed by atoms with Crippen LogP contribution in [0.2, 0.25) is 0 Å². The second-order valence-electron chi connectivity index (χ2n) is 25.2. The summed E-state index contributed by atoms with van der Waals surface area (Å²) in [7, 11) is 0. The number of anilines is 6. The van der Waals surface area contributed by atoms with E-state index in [0.717, 1.165) is 40.5 Å². The van der Waals surface area contributed by atoms with Crippen molar-refractivity contribution in [3.8, 4) is 0 Å². The largest absolute Gasteiger partial charge is 0.454 e. The zero-order valence-electron chi connectivity index (χ0n) is 41.6. The van der Waals surface area contributed by atoms with Crippen LogP contribution in [0.15, 0.2) is 95.4 Å². The minimum absolute atomic E-state index is 0.0374. The molecule has 3 heterocycles. The first kappa shape index (κ1) is 41.2. The third-order valence-corrected chi connectivity index (χ3v) is 17.7. The molecule has 5 aliphatic rings. The van der Waals surface area contributed by atoms with Crippen molar-refractivity contribution < 1.29 is 4.42 Å². The van der Waals surface area contributed by atoms with Crippen molar-refractivity contribution in [2.75, 3.05) is 9.80 Å². The van der Waals surface area contributed by atoms with Crippen molar-refractivity contribution in [3.63, 3.8) is 0 Å². The van der Waals surface area contributed by atoms with E-state index in [-0.39, 0.29) is 39.2 Å². The highest BCUT2D eigenvalue weighted by atomic mass is 16.3. The molecule has 0 unspecified atom stereocenters. The van der Waals surface area contributed by atoms with Crippen molar-refractivity contribution in [2.45, 2.75) is 162 Å². The van der Waals surface area contributed by atoms with E-state index in [0.29, 0.717) is 0 Å². The number of aryl methyl sites for hydroxylation is 2. The number of furan rings is 1. The molecule has 0 spiro atoms. The standard InChI is InChI=1S/C61H67BN2O/c1-35-26-51-54-52(27-35)64(48-31-44-39(28-36(48)2)60(11,12)34-61(44,13)14)50-33-43-41(57(5,6)23-25-59(43,9)10)30-46(50)62(54)45-29-40-42(58(7,8)24-22-56(40,3)4)32-49(45)63(51)47-20-17-19-38-37-18-15-16-21-53(37)65-55(38)47/h15-21,26-33H,22-25,34H2,1-14H3. The van der Waals surface area contributed by atoms with Crippen molar-refractivity contribution in [1.82, 2.24) is 0 Å². The molecule has 65 heavy (non-hydrogen) atoms. The first-order chi connectivity index (χ1) is 30.5. The van der Waals surface area contributed by atoms with Crippen LogP contribution in [0.1, 0.15) is 160 Å². The van der Waals surface area contributed by atoms with Crippen LogP contribution in [0.5, 0.6) is 0 Å². The lowest BCUT2D eigenvalue weighted by Gasteiger charge is -2.49. The van der Waals surface area contributed by atoms with Gasteiger partial charge in [-0.3, -0.25) is 0 Å². The fourth-order valence-electron chi connectivity index (χ4n) is 14.0. The van der Waals surface area contributed by atoms with Crippen LogP contribution in [-0.2, 0) is 32.5 Å². The number of benzene rings is 6. The van der Waals surface area contributed by atoms with Gasteiger partial charge in [0.1, 0.15) is 5.58 Å². The number of hydrogen-bond acceptors (Lipinski definition) is 3. The average molecular weight is 855 g/mol. The SMILES string of the molecule is Cc1cc2c3c(c1)N(c1cccc4c1oc1ccccc14)c1cc4c(cc1B3c1cc3c(cc1N2c1cc2c(cc1C)C(C)(C)CC2(C)C)C(C)(C)CCC3(C)C)C(C)(C)CCC4(C)C. The van der Waals surface area contributed by atoms with Gasteiger partial charge in [-0.15, -0.1) is 0 Å². The second kappa shape index (κ2) is 12.8. The second-order valence-corrected chi connectivity index (χ2v) is 25.2. The van der Waals surface area contributed by atoms with E-state index in [4.69, 9.17) is 4.42 Å². The summed E-state index contributed by atoms with van der Waals surface area (Å²) in [5.74, 6) is 0. The maximum absolute atomic E-state index is 6.98. The molecule has 0 saturated heterocycles. The molecule has 0 amide bonds. The lowest BCUT2D eigenvalue weighted by Crippen LogP contribution is -2.62. The van der Waals surface area contributed by atoms with E-state index in [9.17, 15) is 0 Å². The summed E-state index contributed by atoms with van der Waals surface area (Å²) in [4.78, 5) is 5.35. The lowest BCUT2D eigenvalue weighted by molar-refractivity contribution is 0.332. The predicted molar refractivity (Wildman–Crippen MR) is 278 cm³/mol. The summed E-state index contributed by atoms with van der Waals surface area (Å²) in [6.45, 7) is 34.4. The molecule has 7 aromatic rings. The fourth-order valence-corrected chi connectivity index (χ4v) is 14.0. The molecule has 0 radical (unpaired) electrons. The number of hydrogen-bond donors (Lipinski definition) is 0. The monoisotopic (exact) mass is 855 g/mol. The Morgan fingerprint density at radius 3 is 1.43 bits per heavy atom. The third-order valence-electron chi connectivity index (χ3n) is 17.7. The smallest absolute Gasteiger partial charge is 0.252 e. The maximum Gasteiger partial charge on any atom is 0.252 e. The average Bonchev–Trinajstić information content (AvgIpc) is 3.70. The first-order valence-electron chi connectivity index (χ1n) is 24.7. The molecule has 6 aromatic carbocycles. The Kier molecular flexibility index (Phi) is 8.13. The van der Waals surface area contributed by atoms with Crippen molar-refractivity contribution >= 4 is 79.2 Å². The highest BCUT2D eigenvalue weighted by Gasteiger charge is 2.50. The third kappa shape index (κ3) is 5.61. The van der Waals surface area contributed by atoms with E-state index < -0.39 is 0 Å². The van der Waals surface area contributed by atoms with Gasteiger partial charge in [-0.25, -0.2) is 0 Å². The van der Waals surface area contributed by atoms with E-state index in [2.05, 4.69) is 198 Å². The molecule has 0 fully saturated rings. The normalized spacial score (nSPS) is 20.8. The van der Waals surface area contributed by atoms with Gasteiger partial charge in [0.25, 0.3) is 6.71 Å². The lowest BCUT2D eigenvalue weighted by atomic mass is 9.32. The molecule has 0 bridgehead atoms. The van der Waals surface area contributed by atoms with Crippen LogP contribution in [0, 0.1) is 13.8 Å². The molecule has 1 aromatic heterocycles. The van der Waals surface area contributed by atoms with E-state index in [1.807, 2.05) is 0 Å². The van der Waals surface area contributed by atoms with Gasteiger partial charge in [-0.1, -0.05) is 132 Å². The minimum Gasteiger partial charge on any atom is -0.454 e.